The molecule has 2 aromatic carbocycles. The topological polar surface area (TPSA) is 71.1 Å². The van der Waals surface area contributed by atoms with E-state index in [0.29, 0.717) is 10.7 Å². The number of hydrogen-bond donors (Lipinski definition) is 2. The van der Waals surface area contributed by atoms with Crippen molar-refractivity contribution >= 4 is 34.0 Å². The summed E-state index contributed by atoms with van der Waals surface area (Å²) in [5.74, 6) is -0.233. The number of benzene rings is 2. The molecule has 0 bridgehead atoms. The number of amides is 2. The maximum atomic E-state index is 12.6. The fraction of sp³-hybridized carbons (Fsp3) is 0.227. The quantitative estimate of drug-likeness (QED) is 0.664. The summed E-state index contributed by atoms with van der Waals surface area (Å²) in [4.78, 5) is 28.2. The van der Waals surface area contributed by atoms with Crippen molar-refractivity contribution in [3.05, 3.63) is 64.5 Å². The van der Waals surface area contributed by atoms with Crippen molar-refractivity contribution in [3.8, 4) is 11.3 Å². The molecule has 1 aliphatic rings. The summed E-state index contributed by atoms with van der Waals surface area (Å²) in [6, 6.07) is 13.5. The van der Waals surface area contributed by atoms with Gasteiger partial charge in [-0.15, -0.1) is 11.3 Å². The molecule has 2 N–H and O–H groups in total. The number of hydrogen-bond acceptors (Lipinski definition) is 4. The van der Waals surface area contributed by atoms with E-state index in [1.54, 1.807) is 0 Å². The van der Waals surface area contributed by atoms with E-state index in [1.807, 2.05) is 41.8 Å². The lowest BCUT2D eigenvalue weighted by Gasteiger charge is -2.16. The molecule has 4 rings (SSSR count). The molecule has 0 unspecified atom stereocenters. The lowest BCUT2D eigenvalue weighted by Crippen LogP contribution is -2.13. The monoisotopic (exact) mass is 391 g/mol. The number of aromatic nitrogens is 1. The number of carbonyl (C=O) groups is 2. The van der Waals surface area contributed by atoms with Gasteiger partial charge in [-0.3, -0.25) is 14.9 Å². The van der Waals surface area contributed by atoms with Crippen LogP contribution in [0.2, 0.25) is 0 Å². The molecule has 1 aromatic heterocycles. The van der Waals surface area contributed by atoms with Crippen LogP contribution in [0.15, 0.2) is 47.8 Å². The van der Waals surface area contributed by atoms with Gasteiger partial charge in [0.05, 0.1) is 5.69 Å². The van der Waals surface area contributed by atoms with Gasteiger partial charge >= 0.3 is 0 Å². The standard InChI is InChI=1S/C22H21N3O2S/c1-14(26)23-19-10-8-16(9-11-19)20-13-28-22(24-20)25-21(27)18-7-6-15-4-2-3-5-17(15)12-18/h6-13H,2-5H2,1H3,(H,23,26)(H,24,25,27). The normalized spacial score (nSPS) is 12.9. The van der Waals surface area contributed by atoms with E-state index in [2.05, 4.69) is 21.7 Å². The second-order valence-corrected chi connectivity index (χ2v) is 7.80. The van der Waals surface area contributed by atoms with Crippen molar-refractivity contribution in [3.63, 3.8) is 0 Å². The molecule has 6 heteroatoms. The lowest BCUT2D eigenvalue weighted by molar-refractivity contribution is -0.114. The van der Waals surface area contributed by atoms with Crippen molar-refractivity contribution < 1.29 is 9.59 Å². The average molecular weight is 391 g/mol. The zero-order valence-electron chi connectivity index (χ0n) is 15.6. The van der Waals surface area contributed by atoms with Crippen LogP contribution in [0.1, 0.15) is 41.3 Å². The molecule has 0 aliphatic heterocycles. The summed E-state index contributed by atoms with van der Waals surface area (Å²) in [5, 5.41) is 8.13. The Bertz CT molecular complexity index is 1020. The third kappa shape index (κ3) is 4.12. The molecule has 0 saturated carbocycles. The Kier molecular flexibility index (Phi) is 5.21. The van der Waals surface area contributed by atoms with Crippen LogP contribution in [0.5, 0.6) is 0 Å². The number of nitrogens with one attached hydrogen (secondary N) is 2. The van der Waals surface area contributed by atoms with Gasteiger partial charge in [0.25, 0.3) is 5.91 Å². The SMILES string of the molecule is CC(=O)Nc1ccc(-c2csc(NC(=O)c3ccc4c(c3)CCCC4)n2)cc1. The van der Waals surface area contributed by atoms with Crippen molar-refractivity contribution in [2.45, 2.75) is 32.6 Å². The van der Waals surface area contributed by atoms with Gasteiger partial charge in [-0.05, 0) is 61.1 Å². The zero-order valence-corrected chi connectivity index (χ0v) is 16.4. The highest BCUT2D eigenvalue weighted by molar-refractivity contribution is 7.14. The Balaban J connectivity index is 1.46. The van der Waals surface area contributed by atoms with Gasteiger partial charge in [-0.2, -0.15) is 0 Å². The molecule has 2 amide bonds. The molecule has 1 aliphatic carbocycles. The molecule has 0 atom stereocenters. The summed E-state index contributed by atoms with van der Waals surface area (Å²) in [5.41, 5.74) is 5.80. The molecule has 1 heterocycles. The minimum atomic E-state index is -0.129. The average Bonchev–Trinajstić information content (AvgIpc) is 3.16. The third-order valence-electron chi connectivity index (χ3n) is 4.84. The molecule has 3 aromatic rings. The van der Waals surface area contributed by atoms with E-state index >= 15 is 0 Å². The number of anilines is 2. The first kappa shape index (κ1) is 18.4. The Morgan fingerprint density at radius 2 is 1.71 bits per heavy atom. The fourth-order valence-corrected chi connectivity index (χ4v) is 4.15. The molecule has 0 fully saturated rings. The van der Waals surface area contributed by atoms with Crippen molar-refractivity contribution in [1.82, 2.24) is 4.98 Å². The van der Waals surface area contributed by atoms with Crippen molar-refractivity contribution in [2.24, 2.45) is 0 Å². The van der Waals surface area contributed by atoms with Crippen LogP contribution in [0.3, 0.4) is 0 Å². The van der Waals surface area contributed by atoms with Gasteiger partial charge in [0.15, 0.2) is 5.13 Å². The highest BCUT2D eigenvalue weighted by Crippen LogP contribution is 2.27. The number of thiazole rings is 1. The van der Waals surface area contributed by atoms with Gasteiger partial charge in [0, 0.05) is 29.1 Å². The van der Waals surface area contributed by atoms with Crippen LogP contribution in [0.4, 0.5) is 10.8 Å². The van der Waals surface area contributed by atoms with E-state index in [9.17, 15) is 9.59 Å². The molecule has 0 spiro atoms. The summed E-state index contributed by atoms with van der Waals surface area (Å²) in [7, 11) is 0. The van der Waals surface area contributed by atoms with Gasteiger partial charge < -0.3 is 5.32 Å². The van der Waals surface area contributed by atoms with Crippen molar-refractivity contribution in [1.29, 1.82) is 0 Å². The zero-order chi connectivity index (χ0) is 19.5. The number of fused-ring (bicyclic) bond motifs is 1. The molecule has 142 valence electrons. The molecular weight excluding hydrogens is 370 g/mol. The van der Waals surface area contributed by atoms with Gasteiger partial charge in [0.2, 0.25) is 5.91 Å². The summed E-state index contributed by atoms with van der Waals surface area (Å²) >= 11 is 1.40. The van der Waals surface area contributed by atoms with E-state index in [4.69, 9.17) is 0 Å². The summed E-state index contributed by atoms with van der Waals surface area (Å²) in [6.07, 6.45) is 4.57. The maximum absolute atomic E-state index is 12.6. The van der Waals surface area contributed by atoms with Gasteiger partial charge in [-0.1, -0.05) is 18.2 Å². The van der Waals surface area contributed by atoms with Crippen LogP contribution in [-0.2, 0) is 17.6 Å². The number of aryl methyl sites for hydroxylation is 2. The molecule has 5 nitrogen and oxygen atoms in total. The largest absolute Gasteiger partial charge is 0.326 e. The Morgan fingerprint density at radius 3 is 2.46 bits per heavy atom. The second-order valence-electron chi connectivity index (χ2n) is 6.94. The van der Waals surface area contributed by atoms with Gasteiger partial charge in [0.1, 0.15) is 0 Å². The van der Waals surface area contributed by atoms with Crippen molar-refractivity contribution in [2.75, 3.05) is 10.6 Å². The smallest absolute Gasteiger partial charge is 0.257 e. The number of nitrogens with zero attached hydrogens (tertiary/aromatic N) is 1. The van der Waals surface area contributed by atoms with E-state index < -0.39 is 0 Å². The Hall–Kier alpha value is -2.99. The Morgan fingerprint density at radius 1 is 0.964 bits per heavy atom. The molecule has 28 heavy (non-hydrogen) atoms. The van der Waals surface area contributed by atoms with Gasteiger partial charge in [-0.25, -0.2) is 4.98 Å². The third-order valence-corrected chi connectivity index (χ3v) is 5.59. The van der Waals surface area contributed by atoms with E-state index in [-0.39, 0.29) is 11.8 Å². The number of carbonyl (C=O) groups excluding carboxylic acids is 2. The van der Waals surface area contributed by atoms with E-state index in [0.717, 1.165) is 29.8 Å². The first-order chi connectivity index (χ1) is 13.6. The minimum Gasteiger partial charge on any atom is -0.326 e. The molecular formula is C22H21N3O2S. The summed E-state index contributed by atoms with van der Waals surface area (Å²) in [6.45, 7) is 1.48. The predicted molar refractivity (Wildman–Crippen MR) is 113 cm³/mol. The van der Waals surface area contributed by atoms with Crippen LogP contribution in [0.25, 0.3) is 11.3 Å². The maximum Gasteiger partial charge on any atom is 0.257 e. The second kappa shape index (κ2) is 7.94. The molecule has 0 saturated heterocycles. The summed E-state index contributed by atoms with van der Waals surface area (Å²) < 4.78 is 0. The lowest BCUT2D eigenvalue weighted by atomic mass is 9.90. The number of rotatable bonds is 4. The fourth-order valence-electron chi connectivity index (χ4n) is 3.44. The van der Waals surface area contributed by atoms with Crippen LogP contribution in [0, 0.1) is 0 Å². The highest BCUT2D eigenvalue weighted by Gasteiger charge is 2.14. The molecule has 0 radical (unpaired) electrons. The predicted octanol–water partition coefficient (Wildman–Crippen LogP) is 4.90. The first-order valence-corrected chi connectivity index (χ1v) is 10.2. The van der Waals surface area contributed by atoms with Crippen LogP contribution in [-0.4, -0.2) is 16.8 Å². The first-order valence-electron chi connectivity index (χ1n) is 9.35. The van der Waals surface area contributed by atoms with E-state index in [1.165, 1.54) is 42.2 Å². The minimum absolute atomic E-state index is 0.103. The Labute approximate surface area is 167 Å². The van der Waals surface area contributed by atoms with Crippen LogP contribution < -0.4 is 10.6 Å². The van der Waals surface area contributed by atoms with Crippen LogP contribution >= 0.6 is 11.3 Å². The highest BCUT2D eigenvalue weighted by atomic mass is 32.1.